The van der Waals surface area contributed by atoms with Gasteiger partial charge >= 0.3 is 0 Å². The molecule has 1 aromatic heterocycles. The fourth-order valence-corrected chi connectivity index (χ4v) is 5.50. The molecule has 0 bridgehead atoms. The zero-order valence-corrected chi connectivity index (χ0v) is 16.2. The smallest absolute Gasteiger partial charge is 0.227 e. The quantitative estimate of drug-likeness (QED) is 0.841. The van der Waals surface area contributed by atoms with Gasteiger partial charge in [-0.25, -0.2) is 4.98 Å². The van der Waals surface area contributed by atoms with E-state index < -0.39 is 0 Å². The molecule has 2 amide bonds. The minimum Gasteiger partial charge on any atom is -0.355 e. The molecule has 6 heteroatoms. The largest absolute Gasteiger partial charge is 0.355 e. The van der Waals surface area contributed by atoms with E-state index in [1.165, 1.54) is 0 Å². The molecule has 2 saturated heterocycles. The monoisotopic (exact) mass is 380 g/mol. The SMILES string of the molecule is O=C1NCC(C(=O)N2CCC(c3nc4ccccc4[nH]3)CC2)C2CCCCC12. The van der Waals surface area contributed by atoms with Crippen molar-refractivity contribution in [1.29, 1.82) is 0 Å². The molecule has 6 nitrogen and oxygen atoms in total. The minimum absolute atomic E-state index is 0.0363. The van der Waals surface area contributed by atoms with Gasteiger partial charge in [-0.15, -0.1) is 0 Å². The molecule has 3 atom stereocenters. The number of carbonyl (C=O) groups is 2. The number of carbonyl (C=O) groups excluding carboxylic acids is 2. The second-order valence-electron chi connectivity index (χ2n) is 8.65. The van der Waals surface area contributed by atoms with Crippen LogP contribution in [0, 0.1) is 17.8 Å². The molecule has 28 heavy (non-hydrogen) atoms. The fourth-order valence-electron chi connectivity index (χ4n) is 5.50. The van der Waals surface area contributed by atoms with Gasteiger partial charge in [-0.05, 0) is 43.7 Å². The van der Waals surface area contributed by atoms with Gasteiger partial charge in [-0.1, -0.05) is 25.0 Å². The number of hydrogen-bond acceptors (Lipinski definition) is 3. The van der Waals surface area contributed by atoms with Crippen molar-refractivity contribution in [3.63, 3.8) is 0 Å². The predicted molar refractivity (Wildman–Crippen MR) is 107 cm³/mol. The Labute approximate surface area is 165 Å². The molecule has 2 N–H and O–H groups in total. The van der Waals surface area contributed by atoms with Crippen LogP contribution >= 0.6 is 0 Å². The first-order chi connectivity index (χ1) is 13.7. The zero-order chi connectivity index (χ0) is 19.1. The van der Waals surface area contributed by atoms with Gasteiger partial charge in [0.05, 0.1) is 17.0 Å². The highest BCUT2D eigenvalue weighted by Crippen LogP contribution is 2.39. The summed E-state index contributed by atoms with van der Waals surface area (Å²) < 4.78 is 0. The number of nitrogens with zero attached hydrogens (tertiary/aromatic N) is 2. The summed E-state index contributed by atoms with van der Waals surface area (Å²) in [6.07, 6.45) is 6.10. The Morgan fingerprint density at radius 3 is 2.68 bits per heavy atom. The highest BCUT2D eigenvalue weighted by molar-refractivity contribution is 5.86. The third-order valence-corrected chi connectivity index (χ3v) is 7.09. The highest BCUT2D eigenvalue weighted by Gasteiger charge is 2.44. The summed E-state index contributed by atoms with van der Waals surface area (Å²) in [6, 6.07) is 8.12. The number of aromatic amines is 1. The lowest BCUT2D eigenvalue weighted by molar-refractivity contribution is -0.145. The van der Waals surface area contributed by atoms with Gasteiger partial charge in [0.1, 0.15) is 5.82 Å². The average molecular weight is 380 g/mol. The Morgan fingerprint density at radius 1 is 1.07 bits per heavy atom. The van der Waals surface area contributed by atoms with Gasteiger partial charge in [0, 0.05) is 31.5 Å². The number of likely N-dealkylation sites (tertiary alicyclic amines) is 1. The molecule has 3 aliphatic rings. The maximum absolute atomic E-state index is 13.2. The van der Waals surface area contributed by atoms with Crippen LogP contribution in [-0.4, -0.2) is 46.3 Å². The maximum Gasteiger partial charge on any atom is 0.227 e. The molecule has 1 aliphatic carbocycles. The van der Waals surface area contributed by atoms with Crippen molar-refractivity contribution in [1.82, 2.24) is 20.2 Å². The first-order valence-corrected chi connectivity index (χ1v) is 10.7. The summed E-state index contributed by atoms with van der Waals surface area (Å²) in [6.45, 7) is 2.08. The van der Waals surface area contributed by atoms with Crippen LogP contribution in [0.4, 0.5) is 0 Å². The van der Waals surface area contributed by atoms with Crippen molar-refractivity contribution in [2.75, 3.05) is 19.6 Å². The van der Waals surface area contributed by atoms with E-state index in [2.05, 4.69) is 16.4 Å². The molecule has 3 heterocycles. The third-order valence-electron chi connectivity index (χ3n) is 7.09. The van der Waals surface area contributed by atoms with Crippen LogP contribution in [0.3, 0.4) is 0 Å². The molecule has 5 rings (SSSR count). The molecule has 3 fully saturated rings. The van der Waals surface area contributed by atoms with Crippen molar-refractivity contribution < 1.29 is 9.59 Å². The van der Waals surface area contributed by atoms with Gasteiger partial charge in [-0.2, -0.15) is 0 Å². The minimum atomic E-state index is -0.0363. The van der Waals surface area contributed by atoms with Crippen molar-refractivity contribution >= 4 is 22.8 Å². The lowest BCUT2D eigenvalue weighted by Crippen LogP contribution is -2.55. The van der Waals surface area contributed by atoms with Crippen LogP contribution in [0.5, 0.6) is 0 Å². The summed E-state index contributed by atoms with van der Waals surface area (Å²) in [5.41, 5.74) is 2.09. The number of amides is 2. The second kappa shape index (κ2) is 7.22. The number of piperidine rings is 2. The van der Waals surface area contributed by atoms with E-state index in [-0.39, 0.29) is 29.6 Å². The van der Waals surface area contributed by atoms with E-state index in [0.717, 1.165) is 68.5 Å². The number of para-hydroxylation sites is 2. The Hall–Kier alpha value is -2.37. The Balaban J connectivity index is 1.25. The standard InChI is InChI=1S/C22H28N4O2/c27-21-16-6-2-1-5-15(16)17(13-23-21)22(28)26-11-9-14(10-12-26)20-24-18-7-3-4-8-19(18)25-20/h3-4,7-8,14-17H,1-2,5-6,9-13H2,(H,23,27)(H,24,25). The molecular weight excluding hydrogens is 352 g/mol. The zero-order valence-electron chi connectivity index (χ0n) is 16.2. The van der Waals surface area contributed by atoms with Crippen LogP contribution < -0.4 is 5.32 Å². The summed E-state index contributed by atoms with van der Waals surface area (Å²) in [5, 5.41) is 3.00. The van der Waals surface area contributed by atoms with E-state index in [1.807, 2.05) is 23.1 Å². The van der Waals surface area contributed by atoms with Crippen LogP contribution in [0.15, 0.2) is 24.3 Å². The topological polar surface area (TPSA) is 78.1 Å². The first kappa shape index (κ1) is 17.7. The Bertz CT molecular complexity index is 851. The van der Waals surface area contributed by atoms with E-state index in [9.17, 15) is 9.59 Å². The van der Waals surface area contributed by atoms with E-state index in [0.29, 0.717) is 12.5 Å². The third kappa shape index (κ3) is 3.09. The van der Waals surface area contributed by atoms with Crippen molar-refractivity contribution in [2.45, 2.75) is 44.4 Å². The summed E-state index contributed by atoms with van der Waals surface area (Å²) in [7, 11) is 0. The molecule has 3 unspecified atom stereocenters. The van der Waals surface area contributed by atoms with Gasteiger partial charge in [0.15, 0.2) is 0 Å². The van der Waals surface area contributed by atoms with E-state index in [1.54, 1.807) is 0 Å². The second-order valence-corrected chi connectivity index (χ2v) is 8.65. The number of imidazole rings is 1. The van der Waals surface area contributed by atoms with Crippen LogP contribution in [-0.2, 0) is 9.59 Å². The summed E-state index contributed by atoms with van der Waals surface area (Å²) in [5.74, 6) is 2.09. The van der Waals surface area contributed by atoms with Gasteiger partial charge in [0.25, 0.3) is 0 Å². The van der Waals surface area contributed by atoms with Crippen molar-refractivity contribution in [3.05, 3.63) is 30.1 Å². The number of benzene rings is 1. The Morgan fingerprint density at radius 2 is 1.86 bits per heavy atom. The number of nitrogens with one attached hydrogen (secondary N) is 2. The number of rotatable bonds is 2. The van der Waals surface area contributed by atoms with Gasteiger partial charge in [0.2, 0.25) is 11.8 Å². The number of fused-ring (bicyclic) bond motifs is 2. The molecule has 148 valence electrons. The van der Waals surface area contributed by atoms with E-state index >= 15 is 0 Å². The number of hydrogen-bond donors (Lipinski definition) is 2. The van der Waals surface area contributed by atoms with Crippen molar-refractivity contribution in [2.24, 2.45) is 17.8 Å². The Kier molecular flexibility index (Phi) is 4.57. The molecule has 1 aromatic carbocycles. The van der Waals surface area contributed by atoms with Gasteiger partial charge < -0.3 is 15.2 Å². The van der Waals surface area contributed by atoms with Crippen molar-refractivity contribution in [3.8, 4) is 0 Å². The summed E-state index contributed by atoms with van der Waals surface area (Å²) >= 11 is 0. The van der Waals surface area contributed by atoms with Gasteiger partial charge in [-0.3, -0.25) is 9.59 Å². The first-order valence-electron chi connectivity index (χ1n) is 10.7. The lowest BCUT2D eigenvalue weighted by atomic mass is 9.69. The average Bonchev–Trinajstić information content (AvgIpc) is 3.18. The summed E-state index contributed by atoms with van der Waals surface area (Å²) in [4.78, 5) is 35.7. The molecule has 0 spiro atoms. The lowest BCUT2D eigenvalue weighted by Gasteiger charge is -2.42. The van der Waals surface area contributed by atoms with Crippen LogP contribution in [0.1, 0.15) is 50.3 Å². The predicted octanol–water partition coefficient (Wildman–Crippen LogP) is 2.82. The fraction of sp³-hybridized carbons (Fsp3) is 0.591. The normalized spacial score (nSPS) is 28.8. The molecule has 1 saturated carbocycles. The maximum atomic E-state index is 13.2. The number of aromatic nitrogens is 2. The highest BCUT2D eigenvalue weighted by atomic mass is 16.2. The molecular formula is C22H28N4O2. The van der Waals surface area contributed by atoms with Crippen LogP contribution in [0.2, 0.25) is 0 Å². The van der Waals surface area contributed by atoms with E-state index in [4.69, 9.17) is 4.98 Å². The molecule has 0 radical (unpaired) electrons. The van der Waals surface area contributed by atoms with Crippen LogP contribution in [0.25, 0.3) is 11.0 Å². The number of H-pyrrole nitrogens is 1. The molecule has 2 aromatic rings. The molecule has 2 aliphatic heterocycles.